The van der Waals surface area contributed by atoms with Crippen molar-refractivity contribution in [3.05, 3.63) is 35.0 Å². The third kappa shape index (κ3) is 2.64. The predicted molar refractivity (Wildman–Crippen MR) is 82.4 cm³/mol. The van der Waals surface area contributed by atoms with Crippen molar-refractivity contribution >= 4 is 5.69 Å². The molecule has 0 aliphatic heterocycles. The van der Waals surface area contributed by atoms with Crippen molar-refractivity contribution in [2.45, 2.75) is 47.1 Å². The summed E-state index contributed by atoms with van der Waals surface area (Å²) in [4.78, 5) is 0. The summed E-state index contributed by atoms with van der Waals surface area (Å²) >= 11 is 0. The lowest BCUT2D eigenvalue weighted by Gasteiger charge is -2.13. The molecule has 0 aliphatic rings. The molecular weight excluding hydrogens is 250 g/mol. The summed E-state index contributed by atoms with van der Waals surface area (Å²) in [6, 6.07) is 6.16. The first-order chi connectivity index (χ1) is 9.43. The van der Waals surface area contributed by atoms with Gasteiger partial charge in [0.15, 0.2) is 0 Å². The Labute approximate surface area is 120 Å². The van der Waals surface area contributed by atoms with Gasteiger partial charge in [-0.15, -0.1) is 0 Å². The Bertz CT molecular complexity index is 614. The second-order valence-electron chi connectivity index (χ2n) is 5.40. The summed E-state index contributed by atoms with van der Waals surface area (Å²) in [6.45, 7) is 11.1. The van der Waals surface area contributed by atoms with Gasteiger partial charge in [0.05, 0.1) is 5.69 Å². The van der Waals surface area contributed by atoms with Gasteiger partial charge in [-0.1, -0.05) is 19.9 Å². The molecule has 0 unspecified atom stereocenters. The van der Waals surface area contributed by atoms with Crippen molar-refractivity contribution < 1.29 is 4.74 Å². The van der Waals surface area contributed by atoms with Gasteiger partial charge in [0.25, 0.3) is 0 Å². The Hall–Kier alpha value is -1.97. The van der Waals surface area contributed by atoms with E-state index in [-0.39, 0.29) is 0 Å². The van der Waals surface area contributed by atoms with Crippen molar-refractivity contribution in [2.24, 2.45) is 0 Å². The van der Waals surface area contributed by atoms with Crippen LogP contribution in [0.2, 0.25) is 0 Å². The maximum Gasteiger partial charge on any atom is 0.241 e. The number of nitrogens with two attached hydrogens (primary N) is 1. The minimum absolute atomic E-state index is 0.512. The lowest BCUT2D eigenvalue weighted by atomic mass is 9.98. The molecule has 1 aromatic carbocycles. The quantitative estimate of drug-likeness (QED) is 0.915. The molecule has 2 rings (SSSR count). The van der Waals surface area contributed by atoms with Crippen molar-refractivity contribution in [3.63, 3.8) is 0 Å². The van der Waals surface area contributed by atoms with Gasteiger partial charge in [-0.2, -0.15) is 5.10 Å². The molecule has 0 saturated carbocycles. The van der Waals surface area contributed by atoms with Gasteiger partial charge in [-0.05, 0) is 49.9 Å². The van der Waals surface area contributed by atoms with E-state index in [1.165, 1.54) is 11.1 Å². The lowest BCUT2D eigenvalue weighted by Crippen LogP contribution is -2.01. The van der Waals surface area contributed by atoms with Crippen molar-refractivity contribution in [1.29, 1.82) is 0 Å². The Kier molecular flexibility index (Phi) is 4.02. The van der Waals surface area contributed by atoms with E-state index >= 15 is 0 Å². The van der Waals surface area contributed by atoms with Crippen LogP contribution in [0.4, 0.5) is 5.69 Å². The van der Waals surface area contributed by atoms with Crippen LogP contribution in [-0.4, -0.2) is 9.78 Å². The van der Waals surface area contributed by atoms with Crippen LogP contribution in [0.5, 0.6) is 11.6 Å². The first-order valence-corrected chi connectivity index (χ1v) is 7.05. The summed E-state index contributed by atoms with van der Waals surface area (Å²) < 4.78 is 7.73. The molecule has 2 N–H and O–H groups in total. The first-order valence-electron chi connectivity index (χ1n) is 7.05. The zero-order chi connectivity index (χ0) is 14.9. The Morgan fingerprint density at radius 1 is 1.30 bits per heavy atom. The lowest BCUT2D eigenvalue weighted by molar-refractivity contribution is 0.418. The molecular formula is C16H23N3O. The molecule has 0 atom stereocenters. The molecule has 0 amide bonds. The molecule has 1 heterocycles. The summed E-state index contributed by atoms with van der Waals surface area (Å²) in [7, 11) is 0. The maximum atomic E-state index is 6.03. The van der Waals surface area contributed by atoms with Crippen molar-refractivity contribution in [3.8, 4) is 11.6 Å². The topological polar surface area (TPSA) is 53.1 Å². The number of aryl methyl sites for hydroxylation is 3. The van der Waals surface area contributed by atoms with Crippen molar-refractivity contribution in [1.82, 2.24) is 9.78 Å². The van der Waals surface area contributed by atoms with Crippen LogP contribution in [0, 0.1) is 13.8 Å². The highest BCUT2D eigenvalue weighted by molar-refractivity contribution is 5.54. The first kappa shape index (κ1) is 14.4. The number of ether oxygens (including phenoxy) is 1. The summed E-state index contributed by atoms with van der Waals surface area (Å²) in [5.41, 5.74) is 10.0. The molecule has 4 heteroatoms. The fraction of sp³-hybridized carbons (Fsp3) is 0.438. The van der Waals surface area contributed by atoms with E-state index in [0.717, 1.165) is 18.0 Å². The minimum atomic E-state index is 0.512. The van der Waals surface area contributed by atoms with Gasteiger partial charge in [0, 0.05) is 6.54 Å². The van der Waals surface area contributed by atoms with Gasteiger partial charge in [0.2, 0.25) is 5.88 Å². The minimum Gasteiger partial charge on any atom is -0.437 e. The molecule has 0 spiro atoms. The van der Waals surface area contributed by atoms with E-state index in [2.05, 4.69) is 38.0 Å². The Morgan fingerprint density at radius 2 is 2.00 bits per heavy atom. The number of aromatic nitrogens is 2. The van der Waals surface area contributed by atoms with E-state index in [0.29, 0.717) is 17.5 Å². The van der Waals surface area contributed by atoms with Crippen molar-refractivity contribution in [2.75, 3.05) is 5.73 Å². The van der Waals surface area contributed by atoms with Crippen LogP contribution in [0.1, 0.15) is 43.5 Å². The number of nitrogen functional groups attached to an aromatic ring is 1. The fourth-order valence-corrected chi connectivity index (χ4v) is 2.37. The summed E-state index contributed by atoms with van der Waals surface area (Å²) in [5, 5.41) is 4.36. The third-order valence-corrected chi connectivity index (χ3v) is 3.50. The van der Waals surface area contributed by atoms with Crippen LogP contribution < -0.4 is 10.5 Å². The summed E-state index contributed by atoms with van der Waals surface area (Å²) in [6.07, 6.45) is 0. The smallest absolute Gasteiger partial charge is 0.241 e. The van der Waals surface area contributed by atoms with Crippen LogP contribution in [0.25, 0.3) is 0 Å². The van der Waals surface area contributed by atoms with E-state index in [9.17, 15) is 0 Å². The van der Waals surface area contributed by atoms with Gasteiger partial charge < -0.3 is 10.5 Å². The van der Waals surface area contributed by atoms with Crippen LogP contribution in [0.3, 0.4) is 0 Å². The number of nitrogens with zero attached hydrogens (tertiary/aromatic N) is 2. The predicted octanol–water partition coefficient (Wildman–Crippen LogP) is 4.02. The average molecular weight is 273 g/mol. The van der Waals surface area contributed by atoms with Crippen LogP contribution in [-0.2, 0) is 6.54 Å². The fourth-order valence-electron chi connectivity index (χ4n) is 2.37. The van der Waals surface area contributed by atoms with Crippen LogP contribution in [0.15, 0.2) is 18.2 Å². The van der Waals surface area contributed by atoms with E-state index in [4.69, 9.17) is 10.5 Å². The largest absolute Gasteiger partial charge is 0.437 e. The maximum absolute atomic E-state index is 6.03. The van der Waals surface area contributed by atoms with Crippen LogP contribution >= 0.6 is 0 Å². The molecule has 2 aromatic rings. The Balaban J connectivity index is 2.33. The molecule has 0 fully saturated rings. The average Bonchev–Trinajstić information content (AvgIpc) is 2.66. The monoisotopic (exact) mass is 273 g/mol. The highest BCUT2D eigenvalue weighted by atomic mass is 16.5. The number of hydrogen-bond acceptors (Lipinski definition) is 3. The van der Waals surface area contributed by atoms with Gasteiger partial charge in [-0.25, -0.2) is 4.68 Å². The number of rotatable bonds is 4. The summed E-state index contributed by atoms with van der Waals surface area (Å²) in [5.74, 6) is 1.94. The normalized spacial score (nSPS) is 11.1. The number of hydrogen-bond donors (Lipinski definition) is 1. The molecule has 4 nitrogen and oxygen atoms in total. The number of anilines is 1. The second kappa shape index (κ2) is 5.57. The highest BCUT2D eigenvalue weighted by Crippen LogP contribution is 2.31. The van der Waals surface area contributed by atoms with E-state index in [1.807, 2.05) is 19.9 Å². The molecule has 0 saturated heterocycles. The third-order valence-electron chi connectivity index (χ3n) is 3.50. The van der Waals surface area contributed by atoms with Gasteiger partial charge >= 0.3 is 0 Å². The molecule has 20 heavy (non-hydrogen) atoms. The molecule has 0 bridgehead atoms. The van der Waals surface area contributed by atoms with E-state index in [1.54, 1.807) is 4.68 Å². The molecule has 1 aromatic heterocycles. The SMILES string of the molecule is CCn1nc(C)c(N)c1Oc1ccc(C(C)C)c(C)c1. The zero-order valence-electron chi connectivity index (χ0n) is 12.9. The van der Waals surface area contributed by atoms with Gasteiger partial charge in [0.1, 0.15) is 11.4 Å². The zero-order valence-corrected chi connectivity index (χ0v) is 12.9. The molecule has 0 radical (unpaired) electrons. The standard InChI is InChI=1S/C16H23N3O/c1-6-19-16(15(17)12(5)18-19)20-13-7-8-14(10(2)3)11(4)9-13/h7-10H,6,17H2,1-5H3. The second-order valence-corrected chi connectivity index (χ2v) is 5.40. The molecule has 108 valence electrons. The number of benzene rings is 1. The molecule has 0 aliphatic carbocycles. The van der Waals surface area contributed by atoms with Gasteiger partial charge in [-0.3, -0.25) is 0 Å². The Morgan fingerprint density at radius 3 is 2.55 bits per heavy atom. The highest BCUT2D eigenvalue weighted by Gasteiger charge is 2.14. The van der Waals surface area contributed by atoms with E-state index < -0.39 is 0 Å².